The lowest BCUT2D eigenvalue weighted by Crippen LogP contribution is -2.08. The second kappa shape index (κ2) is 5.05. The Kier molecular flexibility index (Phi) is 3.22. The number of carboxylic acid groups (broad SMARTS) is 1. The molecule has 1 aromatic heterocycles. The summed E-state index contributed by atoms with van der Waals surface area (Å²) in [6, 6.07) is 14.4. The number of carbonyl (C=O) groups is 1. The van der Waals surface area contributed by atoms with E-state index in [9.17, 15) is 9.18 Å². The molecule has 3 rings (SSSR count). The van der Waals surface area contributed by atoms with Crippen molar-refractivity contribution in [2.24, 2.45) is 0 Å². The van der Waals surface area contributed by atoms with E-state index in [0.717, 1.165) is 16.6 Å². The van der Waals surface area contributed by atoms with Gasteiger partial charge in [-0.3, -0.25) is 0 Å². The summed E-state index contributed by atoms with van der Waals surface area (Å²) < 4.78 is 16.2. The van der Waals surface area contributed by atoms with Crippen LogP contribution in [-0.4, -0.2) is 15.6 Å². The zero-order valence-electron chi connectivity index (χ0n) is 11.5. The predicted molar refractivity (Wildman–Crippen MR) is 79.1 cm³/mol. The molecule has 0 atom stereocenters. The molecule has 0 aliphatic rings. The summed E-state index contributed by atoms with van der Waals surface area (Å²) in [5.41, 5.74) is 2.10. The van der Waals surface area contributed by atoms with E-state index in [-0.39, 0.29) is 5.56 Å². The molecule has 106 valence electrons. The maximum atomic E-state index is 14.3. The van der Waals surface area contributed by atoms with Gasteiger partial charge in [0.05, 0.1) is 12.1 Å². The number of hydrogen-bond donors (Lipinski definition) is 1. The number of aromatic carboxylic acids is 1. The highest BCUT2D eigenvalue weighted by atomic mass is 19.1. The van der Waals surface area contributed by atoms with E-state index in [0.29, 0.717) is 12.1 Å². The average molecular weight is 283 g/mol. The number of benzene rings is 2. The van der Waals surface area contributed by atoms with Crippen molar-refractivity contribution in [2.75, 3.05) is 0 Å². The summed E-state index contributed by atoms with van der Waals surface area (Å²) >= 11 is 0. The fraction of sp³-hybridized carbons (Fsp3) is 0.118. The molecule has 0 fully saturated rings. The SMILES string of the molecule is Cc1cc2ccccc2n1Cc1cccc(C(=O)O)c1F. The Morgan fingerprint density at radius 1 is 1.19 bits per heavy atom. The topological polar surface area (TPSA) is 42.2 Å². The van der Waals surface area contributed by atoms with Gasteiger partial charge in [0.15, 0.2) is 0 Å². The number of para-hydroxylation sites is 1. The Hall–Kier alpha value is -2.62. The Labute approximate surface area is 121 Å². The van der Waals surface area contributed by atoms with E-state index in [2.05, 4.69) is 0 Å². The van der Waals surface area contributed by atoms with Gasteiger partial charge in [-0.15, -0.1) is 0 Å². The first kappa shape index (κ1) is 13.4. The molecule has 0 unspecified atom stereocenters. The third kappa shape index (κ3) is 2.29. The first-order valence-electron chi connectivity index (χ1n) is 6.63. The van der Waals surface area contributed by atoms with E-state index < -0.39 is 11.8 Å². The standard InChI is InChI=1S/C17H14FNO2/c1-11-9-12-5-2-3-8-15(12)19(11)10-13-6-4-7-14(16(13)18)17(20)21/h2-9H,10H2,1H3,(H,20,21). The van der Waals surface area contributed by atoms with Crippen LogP contribution in [-0.2, 0) is 6.54 Å². The van der Waals surface area contributed by atoms with E-state index in [4.69, 9.17) is 5.11 Å². The average Bonchev–Trinajstić information content (AvgIpc) is 2.77. The summed E-state index contributed by atoms with van der Waals surface area (Å²) in [6.45, 7) is 2.27. The summed E-state index contributed by atoms with van der Waals surface area (Å²) in [7, 11) is 0. The van der Waals surface area contributed by atoms with E-state index in [1.165, 1.54) is 6.07 Å². The van der Waals surface area contributed by atoms with Crippen molar-refractivity contribution in [3.05, 3.63) is 71.2 Å². The molecule has 21 heavy (non-hydrogen) atoms. The number of nitrogens with zero attached hydrogens (tertiary/aromatic N) is 1. The highest BCUT2D eigenvalue weighted by molar-refractivity contribution is 5.88. The van der Waals surface area contributed by atoms with Crippen molar-refractivity contribution in [2.45, 2.75) is 13.5 Å². The van der Waals surface area contributed by atoms with Crippen molar-refractivity contribution < 1.29 is 14.3 Å². The van der Waals surface area contributed by atoms with Gasteiger partial charge in [-0.2, -0.15) is 0 Å². The monoisotopic (exact) mass is 283 g/mol. The minimum atomic E-state index is -1.25. The summed E-state index contributed by atoms with van der Waals surface area (Å²) in [5.74, 6) is -1.91. The minimum Gasteiger partial charge on any atom is -0.478 e. The molecule has 1 heterocycles. The molecule has 0 spiro atoms. The molecule has 0 aliphatic heterocycles. The second-order valence-electron chi connectivity index (χ2n) is 5.01. The number of fused-ring (bicyclic) bond motifs is 1. The number of hydrogen-bond acceptors (Lipinski definition) is 1. The zero-order valence-corrected chi connectivity index (χ0v) is 11.5. The maximum Gasteiger partial charge on any atom is 0.338 e. The van der Waals surface area contributed by atoms with Gasteiger partial charge >= 0.3 is 5.97 Å². The number of aromatic nitrogens is 1. The van der Waals surface area contributed by atoms with Gasteiger partial charge in [-0.1, -0.05) is 30.3 Å². The van der Waals surface area contributed by atoms with Crippen LogP contribution in [0.4, 0.5) is 4.39 Å². The lowest BCUT2D eigenvalue weighted by atomic mass is 10.1. The van der Waals surface area contributed by atoms with Crippen LogP contribution in [0.15, 0.2) is 48.5 Å². The van der Waals surface area contributed by atoms with Crippen LogP contribution in [0, 0.1) is 12.7 Å². The van der Waals surface area contributed by atoms with Crippen molar-refractivity contribution in [1.82, 2.24) is 4.57 Å². The highest BCUT2D eigenvalue weighted by Gasteiger charge is 2.15. The molecule has 0 bridgehead atoms. The largest absolute Gasteiger partial charge is 0.478 e. The number of halogens is 1. The van der Waals surface area contributed by atoms with Gasteiger partial charge in [0.2, 0.25) is 0 Å². The fourth-order valence-electron chi connectivity index (χ4n) is 2.60. The van der Waals surface area contributed by atoms with Crippen LogP contribution in [0.5, 0.6) is 0 Å². The Balaban J connectivity index is 2.09. The highest BCUT2D eigenvalue weighted by Crippen LogP contribution is 2.22. The Bertz CT molecular complexity index is 836. The van der Waals surface area contributed by atoms with Crippen LogP contribution in [0.2, 0.25) is 0 Å². The molecule has 0 saturated carbocycles. The third-order valence-electron chi connectivity index (χ3n) is 3.66. The van der Waals surface area contributed by atoms with E-state index in [1.54, 1.807) is 12.1 Å². The summed E-state index contributed by atoms with van der Waals surface area (Å²) in [5, 5.41) is 10.1. The third-order valence-corrected chi connectivity index (χ3v) is 3.66. The lowest BCUT2D eigenvalue weighted by molar-refractivity contribution is 0.0691. The molecular weight excluding hydrogens is 269 g/mol. The number of carboxylic acids is 1. The molecule has 4 heteroatoms. The van der Waals surface area contributed by atoms with Crippen LogP contribution < -0.4 is 0 Å². The molecule has 3 aromatic rings. The van der Waals surface area contributed by atoms with Crippen LogP contribution >= 0.6 is 0 Å². The molecule has 0 aliphatic carbocycles. The lowest BCUT2D eigenvalue weighted by Gasteiger charge is -2.10. The van der Waals surface area contributed by atoms with Gasteiger partial charge < -0.3 is 9.67 Å². The van der Waals surface area contributed by atoms with E-state index in [1.807, 2.05) is 41.8 Å². The van der Waals surface area contributed by atoms with Gasteiger partial charge in [0.25, 0.3) is 0 Å². The molecular formula is C17H14FNO2. The van der Waals surface area contributed by atoms with Crippen molar-refractivity contribution >= 4 is 16.9 Å². The Morgan fingerprint density at radius 2 is 1.95 bits per heavy atom. The molecule has 2 aromatic carbocycles. The smallest absolute Gasteiger partial charge is 0.338 e. The second-order valence-corrected chi connectivity index (χ2v) is 5.01. The number of aryl methyl sites for hydroxylation is 1. The van der Waals surface area contributed by atoms with Gasteiger partial charge in [0, 0.05) is 16.8 Å². The van der Waals surface area contributed by atoms with Crippen molar-refractivity contribution in [1.29, 1.82) is 0 Å². The fourth-order valence-corrected chi connectivity index (χ4v) is 2.60. The van der Waals surface area contributed by atoms with Crippen LogP contribution in [0.25, 0.3) is 10.9 Å². The normalized spacial score (nSPS) is 11.0. The Morgan fingerprint density at radius 3 is 2.71 bits per heavy atom. The van der Waals surface area contributed by atoms with Crippen molar-refractivity contribution in [3.63, 3.8) is 0 Å². The maximum absolute atomic E-state index is 14.3. The van der Waals surface area contributed by atoms with Gasteiger partial charge in [-0.25, -0.2) is 9.18 Å². The first-order valence-corrected chi connectivity index (χ1v) is 6.63. The van der Waals surface area contributed by atoms with E-state index >= 15 is 0 Å². The zero-order chi connectivity index (χ0) is 15.0. The molecule has 0 amide bonds. The summed E-state index contributed by atoms with van der Waals surface area (Å²) in [6.07, 6.45) is 0. The van der Waals surface area contributed by atoms with Gasteiger partial charge in [0.1, 0.15) is 5.82 Å². The first-order chi connectivity index (χ1) is 10.1. The molecule has 0 saturated heterocycles. The molecule has 1 N–H and O–H groups in total. The molecule has 3 nitrogen and oxygen atoms in total. The van der Waals surface area contributed by atoms with Crippen molar-refractivity contribution in [3.8, 4) is 0 Å². The minimum absolute atomic E-state index is 0.290. The predicted octanol–water partition coefficient (Wildman–Crippen LogP) is 3.84. The quantitative estimate of drug-likeness (QED) is 0.793. The molecule has 0 radical (unpaired) electrons. The van der Waals surface area contributed by atoms with Crippen LogP contribution in [0.1, 0.15) is 21.6 Å². The van der Waals surface area contributed by atoms with Crippen LogP contribution in [0.3, 0.4) is 0 Å². The van der Waals surface area contributed by atoms with Gasteiger partial charge in [-0.05, 0) is 30.5 Å². The number of rotatable bonds is 3. The summed E-state index contributed by atoms with van der Waals surface area (Å²) in [4.78, 5) is 11.0.